The average Bonchev–Trinajstić information content (AvgIpc) is 2.84. The van der Waals surface area contributed by atoms with E-state index >= 15 is 0 Å². The molecule has 1 aromatic carbocycles. The summed E-state index contributed by atoms with van der Waals surface area (Å²) in [6, 6.07) is 3.65. The summed E-state index contributed by atoms with van der Waals surface area (Å²) in [5.74, 6) is -0.985. The van der Waals surface area contributed by atoms with Crippen LogP contribution in [0.4, 0.5) is 4.39 Å². The van der Waals surface area contributed by atoms with Gasteiger partial charge in [-0.3, -0.25) is 4.79 Å². The van der Waals surface area contributed by atoms with E-state index in [1.807, 2.05) is 0 Å². The van der Waals surface area contributed by atoms with Crippen molar-refractivity contribution < 1.29 is 14.3 Å². The Morgan fingerprint density at radius 3 is 2.71 bits per heavy atom. The molecule has 1 aliphatic rings. The van der Waals surface area contributed by atoms with Gasteiger partial charge in [-0.2, -0.15) is 0 Å². The first-order valence-corrected chi connectivity index (χ1v) is 5.85. The highest BCUT2D eigenvalue weighted by Crippen LogP contribution is 2.26. The van der Waals surface area contributed by atoms with Gasteiger partial charge >= 0.3 is 0 Å². The zero-order chi connectivity index (χ0) is 12.4. The fourth-order valence-corrected chi connectivity index (χ4v) is 2.33. The second-order valence-electron chi connectivity index (χ2n) is 4.52. The SMILES string of the molecule is CN(C(=O)c1cc(F)ccc1O)C1CCCC1. The number of rotatable bonds is 2. The standard InChI is InChI=1S/C13H16FNO2/c1-15(10-4-2-3-5-10)13(17)11-8-9(14)6-7-12(11)16/h6-8,10,16H,2-5H2,1H3. The van der Waals surface area contributed by atoms with E-state index in [0.717, 1.165) is 37.8 Å². The maximum atomic E-state index is 13.1. The maximum Gasteiger partial charge on any atom is 0.257 e. The smallest absolute Gasteiger partial charge is 0.257 e. The monoisotopic (exact) mass is 237 g/mol. The molecule has 0 bridgehead atoms. The molecule has 0 heterocycles. The molecule has 4 heteroatoms. The normalized spacial score (nSPS) is 16.1. The largest absolute Gasteiger partial charge is 0.507 e. The first kappa shape index (κ1) is 11.9. The lowest BCUT2D eigenvalue weighted by atomic mass is 10.1. The van der Waals surface area contributed by atoms with Crippen LogP contribution in [0.2, 0.25) is 0 Å². The molecule has 0 spiro atoms. The van der Waals surface area contributed by atoms with Crippen molar-refractivity contribution in [3.63, 3.8) is 0 Å². The van der Waals surface area contributed by atoms with Crippen molar-refractivity contribution >= 4 is 5.91 Å². The van der Waals surface area contributed by atoms with E-state index in [-0.39, 0.29) is 23.3 Å². The number of hydrogen-bond acceptors (Lipinski definition) is 2. The minimum Gasteiger partial charge on any atom is -0.507 e. The highest BCUT2D eigenvalue weighted by molar-refractivity contribution is 5.96. The van der Waals surface area contributed by atoms with E-state index in [2.05, 4.69) is 0 Å². The first-order chi connectivity index (χ1) is 8.09. The van der Waals surface area contributed by atoms with Crippen molar-refractivity contribution in [1.29, 1.82) is 0 Å². The second kappa shape index (κ2) is 4.73. The number of carbonyl (C=O) groups excluding carboxylic acids is 1. The van der Waals surface area contributed by atoms with Gasteiger partial charge in [0.05, 0.1) is 5.56 Å². The molecule has 92 valence electrons. The van der Waals surface area contributed by atoms with Crippen LogP contribution < -0.4 is 0 Å². The predicted molar refractivity (Wildman–Crippen MR) is 62.4 cm³/mol. The van der Waals surface area contributed by atoms with Crippen LogP contribution in [0.5, 0.6) is 5.75 Å². The maximum absolute atomic E-state index is 13.1. The molecule has 1 aliphatic carbocycles. The zero-order valence-electron chi connectivity index (χ0n) is 9.82. The number of amides is 1. The van der Waals surface area contributed by atoms with E-state index in [4.69, 9.17) is 0 Å². The molecule has 0 unspecified atom stereocenters. The van der Waals surface area contributed by atoms with Crippen molar-refractivity contribution in [3.05, 3.63) is 29.6 Å². The number of halogens is 1. The van der Waals surface area contributed by atoms with Crippen LogP contribution in [-0.2, 0) is 0 Å². The molecule has 1 aromatic rings. The van der Waals surface area contributed by atoms with E-state index in [1.54, 1.807) is 11.9 Å². The third-order valence-electron chi connectivity index (χ3n) is 3.38. The molecule has 1 saturated carbocycles. The van der Waals surface area contributed by atoms with Gasteiger partial charge in [0.2, 0.25) is 0 Å². The third-order valence-corrected chi connectivity index (χ3v) is 3.38. The highest BCUT2D eigenvalue weighted by Gasteiger charge is 2.25. The highest BCUT2D eigenvalue weighted by atomic mass is 19.1. The minimum absolute atomic E-state index is 0.0411. The van der Waals surface area contributed by atoms with Crippen LogP contribution in [0.1, 0.15) is 36.0 Å². The van der Waals surface area contributed by atoms with Crippen molar-refractivity contribution in [3.8, 4) is 5.75 Å². The van der Waals surface area contributed by atoms with Crippen molar-refractivity contribution in [2.75, 3.05) is 7.05 Å². The Bertz CT molecular complexity index is 427. The molecular formula is C13H16FNO2. The van der Waals surface area contributed by atoms with Crippen molar-refractivity contribution in [1.82, 2.24) is 4.90 Å². The number of phenolic OH excluding ortho intramolecular Hbond substituents is 1. The van der Waals surface area contributed by atoms with E-state index < -0.39 is 5.82 Å². The molecular weight excluding hydrogens is 221 g/mol. The van der Waals surface area contributed by atoms with Gasteiger partial charge in [-0.05, 0) is 31.0 Å². The van der Waals surface area contributed by atoms with Crippen LogP contribution >= 0.6 is 0 Å². The van der Waals surface area contributed by atoms with Gasteiger partial charge in [-0.1, -0.05) is 12.8 Å². The van der Waals surface area contributed by atoms with Crippen LogP contribution in [-0.4, -0.2) is 29.0 Å². The van der Waals surface area contributed by atoms with E-state index in [1.165, 1.54) is 6.07 Å². The fraction of sp³-hybridized carbons (Fsp3) is 0.462. The van der Waals surface area contributed by atoms with Gasteiger partial charge in [0.25, 0.3) is 5.91 Å². The van der Waals surface area contributed by atoms with Gasteiger partial charge in [0, 0.05) is 13.1 Å². The summed E-state index contributed by atoms with van der Waals surface area (Å²) in [4.78, 5) is 13.7. The summed E-state index contributed by atoms with van der Waals surface area (Å²) in [5, 5.41) is 9.58. The Morgan fingerprint density at radius 1 is 1.41 bits per heavy atom. The van der Waals surface area contributed by atoms with Crippen LogP contribution in [0.3, 0.4) is 0 Å². The van der Waals surface area contributed by atoms with Crippen LogP contribution in [0.15, 0.2) is 18.2 Å². The first-order valence-electron chi connectivity index (χ1n) is 5.85. The molecule has 0 aliphatic heterocycles. The predicted octanol–water partition coefficient (Wildman–Crippen LogP) is 2.55. The van der Waals surface area contributed by atoms with Crippen molar-refractivity contribution in [2.45, 2.75) is 31.7 Å². The Kier molecular flexibility index (Phi) is 3.31. The molecule has 0 saturated heterocycles. The van der Waals surface area contributed by atoms with Crippen LogP contribution in [0, 0.1) is 5.82 Å². The minimum atomic E-state index is -0.508. The molecule has 2 rings (SSSR count). The Labute approximate surface area is 99.9 Å². The van der Waals surface area contributed by atoms with Gasteiger partial charge in [0.15, 0.2) is 0 Å². The third kappa shape index (κ3) is 2.40. The quantitative estimate of drug-likeness (QED) is 0.858. The number of carbonyl (C=O) groups is 1. The van der Waals surface area contributed by atoms with Crippen LogP contribution in [0.25, 0.3) is 0 Å². The molecule has 0 atom stereocenters. The molecule has 1 amide bonds. The molecule has 0 aromatic heterocycles. The van der Waals surface area contributed by atoms with Crippen molar-refractivity contribution in [2.24, 2.45) is 0 Å². The molecule has 0 radical (unpaired) electrons. The topological polar surface area (TPSA) is 40.5 Å². The lowest BCUT2D eigenvalue weighted by Crippen LogP contribution is -2.35. The average molecular weight is 237 g/mol. The number of hydrogen-bond donors (Lipinski definition) is 1. The molecule has 3 nitrogen and oxygen atoms in total. The van der Waals surface area contributed by atoms with E-state index in [9.17, 15) is 14.3 Å². The number of nitrogens with zero attached hydrogens (tertiary/aromatic N) is 1. The Hall–Kier alpha value is -1.58. The zero-order valence-corrected chi connectivity index (χ0v) is 9.82. The Morgan fingerprint density at radius 2 is 2.06 bits per heavy atom. The van der Waals surface area contributed by atoms with Gasteiger partial charge in [-0.25, -0.2) is 4.39 Å². The lowest BCUT2D eigenvalue weighted by Gasteiger charge is -2.24. The summed E-state index contributed by atoms with van der Waals surface area (Å²) in [5.41, 5.74) is 0.0411. The lowest BCUT2D eigenvalue weighted by molar-refractivity contribution is 0.0731. The van der Waals surface area contributed by atoms with Gasteiger partial charge in [-0.15, -0.1) is 0 Å². The van der Waals surface area contributed by atoms with Gasteiger partial charge < -0.3 is 10.0 Å². The summed E-state index contributed by atoms with van der Waals surface area (Å²) < 4.78 is 13.1. The summed E-state index contributed by atoms with van der Waals surface area (Å²) in [6.45, 7) is 0. The summed E-state index contributed by atoms with van der Waals surface area (Å²) in [6.07, 6.45) is 4.21. The number of benzene rings is 1. The summed E-state index contributed by atoms with van der Waals surface area (Å²) >= 11 is 0. The van der Waals surface area contributed by atoms with Gasteiger partial charge in [0.1, 0.15) is 11.6 Å². The number of aromatic hydroxyl groups is 1. The summed E-state index contributed by atoms with van der Waals surface area (Å²) in [7, 11) is 1.71. The van der Waals surface area contributed by atoms with E-state index in [0.29, 0.717) is 0 Å². The molecule has 1 fully saturated rings. The Balaban J connectivity index is 2.20. The second-order valence-corrected chi connectivity index (χ2v) is 4.52. The fourth-order valence-electron chi connectivity index (χ4n) is 2.33. The molecule has 1 N–H and O–H groups in total. The molecule has 17 heavy (non-hydrogen) atoms. The number of phenols is 1.